The first kappa shape index (κ1) is 19.4. The van der Waals surface area contributed by atoms with Crippen molar-refractivity contribution in [1.82, 2.24) is 4.90 Å². The molecule has 8 heteroatoms. The Balaban J connectivity index is 2.10. The summed E-state index contributed by atoms with van der Waals surface area (Å²) in [4.78, 5) is 12.3. The number of nitrogens with one attached hydrogen (secondary N) is 1. The first-order chi connectivity index (χ1) is 11.9. The molecular weight excluding hydrogens is 381 g/mol. The Morgan fingerprint density at radius 1 is 1.24 bits per heavy atom. The molecule has 0 saturated carbocycles. The van der Waals surface area contributed by atoms with Crippen LogP contribution in [0.1, 0.15) is 18.9 Å². The summed E-state index contributed by atoms with van der Waals surface area (Å²) in [6, 6.07) is 11.6. The minimum Gasteiger partial charge on any atom is -0.345 e. The van der Waals surface area contributed by atoms with Crippen LogP contribution in [0.15, 0.2) is 42.5 Å². The van der Waals surface area contributed by atoms with E-state index in [1.165, 1.54) is 12.1 Å². The molecule has 0 saturated heterocycles. The molecule has 0 amide bonds. The van der Waals surface area contributed by atoms with Gasteiger partial charge in [-0.3, -0.25) is 10.1 Å². The molecule has 5 nitrogen and oxygen atoms in total. The van der Waals surface area contributed by atoms with Gasteiger partial charge >= 0.3 is 0 Å². The minimum atomic E-state index is -0.414. The van der Waals surface area contributed by atoms with Crippen molar-refractivity contribution in [3.8, 4) is 0 Å². The van der Waals surface area contributed by atoms with E-state index < -0.39 is 4.92 Å². The van der Waals surface area contributed by atoms with Crippen molar-refractivity contribution in [3.05, 3.63) is 68.2 Å². The summed E-state index contributed by atoms with van der Waals surface area (Å²) in [5.74, 6) is 0. The molecule has 0 atom stereocenters. The molecule has 0 radical (unpaired) electrons. The van der Waals surface area contributed by atoms with Crippen LogP contribution >= 0.6 is 35.4 Å². The summed E-state index contributed by atoms with van der Waals surface area (Å²) in [7, 11) is 0. The summed E-state index contributed by atoms with van der Waals surface area (Å²) in [5.41, 5.74) is 1.69. The van der Waals surface area contributed by atoms with Gasteiger partial charge < -0.3 is 10.2 Å². The topological polar surface area (TPSA) is 58.4 Å². The summed E-state index contributed by atoms with van der Waals surface area (Å²) < 4.78 is 0. The summed E-state index contributed by atoms with van der Waals surface area (Å²) in [6.07, 6.45) is 0.906. The molecule has 25 heavy (non-hydrogen) atoms. The normalized spacial score (nSPS) is 10.4. The van der Waals surface area contributed by atoms with Crippen LogP contribution in [0.5, 0.6) is 0 Å². The van der Waals surface area contributed by atoms with E-state index in [-0.39, 0.29) is 5.69 Å². The number of hydrogen-bond acceptors (Lipinski definition) is 3. The molecule has 0 aliphatic rings. The van der Waals surface area contributed by atoms with Gasteiger partial charge in [-0.25, -0.2) is 0 Å². The number of non-ortho nitro benzene ring substituents is 1. The van der Waals surface area contributed by atoms with Gasteiger partial charge in [-0.1, -0.05) is 42.3 Å². The van der Waals surface area contributed by atoms with Gasteiger partial charge in [0.1, 0.15) is 0 Å². The predicted molar refractivity (Wildman–Crippen MR) is 106 cm³/mol. The zero-order valence-corrected chi connectivity index (χ0v) is 15.9. The second-order valence-corrected chi connectivity index (χ2v) is 6.63. The van der Waals surface area contributed by atoms with Crippen molar-refractivity contribution in [2.45, 2.75) is 19.9 Å². The minimum absolute atomic E-state index is 0.0689. The van der Waals surface area contributed by atoms with Crippen LogP contribution in [-0.4, -0.2) is 21.5 Å². The SMILES string of the molecule is CCCN(Cc1ccc([N+](=O)[O-])cc1)C(=S)Nc1ccc(Cl)cc1Cl. The maximum atomic E-state index is 10.7. The third kappa shape index (κ3) is 5.56. The lowest BCUT2D eigenvalue weighted by Gasteiger charge is -2.26. The molecule has 2 rings (SSSR count). The number of halogens is 2. The van der Waals surface area contributed by atoms with Gasteiger partial charge in [0.05, 0.1) is 15.6 Å². The van der Waals surface area contributed by atoms with Gasteiger partial charge in [-0.2, -0.15) is 0 Å². The van der Waals surface area contributed by atoms with E-state index in [0.29, 0.717) is 27.4 Å². The van der Waals surface area contributed by atoms with E-state index in [0.717, 1.165) is 18.5 Å². The van der Waals surface area contributed by atoms with Crippen LogP contribution in [0.25, 0.3) is 0 Å². The highest BCUT2D eigenvalue weighted by Crippen LogP contribution is 2.26. The number of nitrogens with zero attached hydrogens (tertiary/aromatic N) is 2. The Labute approximate surface area is 161 Å². The monoisotopic (exact) mass is 397 g/mol. The molecule has 132 valence electrons. The van der Waals surface area contributed by atoms with Crippen molar-refractivity contribution in [2.75, 3.05) is 11.9 Å². The number of thiocarbonyl (C=S) groups is 1. The van der Waals surface area contributed by atoms with Gasteiger partial charge in [0.25, 0.3) is 5.69 Å². The van der Waals surface area contributed by atoms with Crippen LogP contribution in [0.3, 0.4) is 0 Å². The molecular formula is C17H17Cl2N3O2S. The molecule has 0 unspecified atom stereocenters. The molecule has 0 bridgehead atoms. The zero-order valence-electron chi connectivity index (χ0n) is 13.5. The molecule has 0 spiro atoms. The van der Waals surface area contributed by atoms with Crippen LogP contribution in [0.4, 0.5) is 11.4 Å². The van der Waals surface area contributed by atoms with Crippen molar-refractivity contribution in [1.29, 1.82) is 0 Å². The average molecular weight is 398 g/mol. The van der Waals surface area contributed by atoms with E-state index in [9.17, 15) is 10.1 Å². The van der Waals surface area contributed by atoms with Crippen LogP contribution in [-0.2, 0) is 6.54 Å². The number of hydrogen-bond donors (Lipinski definition) is 1. The Hall–Kier alpha value is -1.89. The quantitative estimate of drug-likeness (QED) is 0.395. The molecule has 2 aromatic rings. The standard InChI is InChI=1S/C17H17Cl2N3O2S/c1-2-9-21(11-12-3-6-14(7-4-12)22(23)24)17(25)20-16-8-5-13(18)10-15(16)19/h3-8,10H,2,9,11H2,1H3,(H,20,25). The fraction of sp³-hybridized carbons (Fsp3) is 0.235. The van der Waals surface area contributed by atoms with Gasteiger partial charge in [0.15, 0.2) is 5.11 Å². The highest BCUT2D eigenvalue weighted by Gasteiger charge is 2.13. The van der Waals surface area contributed by atoms with E-state index in [1.807, 2.05) is 4.90 Å². The Bertz CT molecular complexity index is 769. The number of nitro groups is 1. The van der Waals surface area contributed by atoms with Crippen molar-refractivity contribution in [2.24, 2.45) is 0 Å². The molecule has 2 aromatic carbocycles. The van der Waals surface area contributed by atoms with Crippen LogP contribution in [0, 0.1) is 10.1 Å². The number of rotatable bonds is 6. The van der Waals surface area contributed by atoms with Crippen molar-refractivity contribution in [3.63, 3.8) is 0 Å². The van der Waals surface area contributed by atoms with Crippen LogP contribution in [0.2, 0.25) is 10.0 Å². The van der Waals surface area contributed by atoms with E-state index in [2.05, 4.69) is 12.2 Å². The molecule has 0 fully saturated rings. The number of nitro benzene ring substituents is 1. The van der Waals surface area contributed by atoms with Crippen LogP contribution < -0.4 is 5.32 Å². The lowest BCUT2D eigenvalue weighted by atomic mass is 10.2. The first-order valence-corrected chi connectivity index (χ1v) is 8.81. The van der Waals surface area contributed by atoms with Crippen molar-refractivity contribution < 1.29 is 4.92 Å². The highest BCUT2D eigenvalue weighted by atomic mass is 35.5. The molecule has 0 aliphatic carbocycles. The predicted octanol–water partition coefficient (Wildman–Crippen LogP) is 5.51. The lowest BCUT2D eigenvalue weighted by molar-refractivity contribution is -0.384. The highest BCUT2D eigenvalue weighted by molar-refractivity contribution is 7.80. The Morgan fingerprint density at radius 3 is 2.48 bits per heavy atom. The van der Waals surface area contributed by atoms with E-state index in [1.54, 1.807) is 30.3 Å². The fourth-order valence-electron chi connectivity index (χ4n) is 2.25. The number of anilines is 1. The average Bonchev–Trinajstić information content (AvgIpc) is 2.57. The third-order valence-electron chi connectivity index (χ3n) is 3.47. The maximum absolute atomic E-state index is 10.7. The second-order valence-electron chi connectivity index (χ2n) is 5.40. The lowest BCUT2D eigenvalue weighted by Crippen LogP contribution is -2.34. The van der Waals surface area contributed by atoms with E-state index in [4.69, 9.17) is 35.4 Å². The third-order valence-corrected chi connectivity index (χ3v) is 4.38. The van der Waals surface area contributed by atoms with Gasteiger partial charge in [-0.15, -0.1) is 0 Å². The van der Waals surface area contributed by atoms with Gasteiger partial charge in [-0.05, 0) is 42.4 Å². The second kappa shape index (κ2) is 8.99. The van der Waals surface area contributed by atoms with Gasteiger partial charge in [0.2, 0.25) is 0 Å². The first-order valence-electron chi connectivity index (χ1n) is 7.65. The zero-order chi connectivity index (χ0) is 18.4. The summed E-state index contributed by atoms with van der Waals surface area (Å²) in [5, 5.41) is 15.5. The van der Waals surface area contributed by atoms with Crippen molar-refractivity contribution >= 4 is 51.9 Å². The Kier molecular flexibility index (Phi) is 6.99. The largest absolute Gasteiger partial charge is 0.345 e. The fourth-order valence-corrected chi connectivity index (χ4v) is 2.97. The molecule has 0 aliphatic heterocycles. The summed E-state index contributed by atoms with van der Waals surface area (Å²) in [6.45, 7) is 3.34. The summed E-state index contributed by atoms with van der Waals surface area (Å²) >= 11 is 17.6. The smallest absolute Gasteiger partial charge is 0.269 e. The van der Waals surface area contributed by atoms with E-state index >= 15 is 0 Å². The van der Waals surface area contributed by atoms with Gasteiger partial charge in [0, 0.05) is 30.2 Å². The maximum Gasteiger partial charge on any atom is 0.269 e. The molecule has 0 aromatic heterocycles. The Morgan fingerprint density at radius 2 is 1.92 bits per heavy atom. The molecule has 1 N–H and O–H groups in total. The number of benzene rings is 2. The molecule has 0 heterocycles.